The largest absolute Gasteiger partial charge is 0.0616 e. The molecule has 1 heteroatoms. The van der Waals surface area contributed by atoms with Crippen LogP contribution < -0.4 is 0 Å². The molecule has 0 atom stereocenters. The lowest BCUT2D eigenvalue weighted by Crippen LogP contribution is -1.85. The average molecular weight is 404 g/mol. The first-order chi connectivity index (χ1) is 11.3. The fourth-order valence-corrected chi connectivity index (χ4v) is 4.38. The molecule has 5 aromatic carbocycles. The van der Waals surface area contributed by atoms with E-state index in [1.807, 2.05) is 0 Å². The minimum absolute atomic E-state index is 1.30. The summed E-state index contributed by atoms with van der Waals surface area (Å²) in [6, 6.07) is 28.8. The smallest absolute Gasteiger partial charge is 0.0215 e. The lowest BCUT2D eigenvalue weighted by atomic mass is 9.94. The van der Waals surface area contributed by atoms with Gasteiger partial charge in [-0.3, -0.25) is 0 Å². The van der Waals surface area contributed by atoms with Crippen LogP contribution >= 0.6 is 22.6 Å². The van der Waals surface area contributed by atoms with Crippen LogP contribution in [0.5, 0.6) is 0 Å². The molecule has 5 aromatic rings. The highest BCUT2D eigenvalue weighted by molar-refractivity contribution is 14.1. The predicted molar refractivity (Wildman–Crippen MR) is 109 cm³/mol. The molecular formula is C22H13I. The van der Waals surface area contributed by atoms with Crippen molar-refractivity contribution in [2.24, 2.45) is 0 Å². The Morgan fingerprint density at radius 1 is 0.478 bits per heavy atom. The topological polar surface area (TPSA) is 0 Å². The maximum atomic E-state index is 2.44. The van der Waals surface area contributed by atoms with Gasteiger partial charge in [0, 0.05) is 3.57 Å². The molecule has 108 valence electrons. The summed E-state index contributed by atoms with van der Waals surface area (Å²) in [5, 5.41) is 10.6. The van der Waals surface area contributed by atoms with E-state index < -0.39 is 0 Å². The molecule has 0 heterocycles. The molecule has 0 bridgehead atoms. The lowest BCUT2D eigenvalue weighted by molar-refractivity contribution is 1.75. The van der Waals surface area contributed by atoms with Crippen molar-refractivity contribution < 1.29 is 0 Å². The summed E-state index contributed by atoms with van der Waals surface area (Å²) >= 11 is 2.44. The minimum Gasteiger partial charge on any atom is -0.0616 e. The van der Waals surface area contributed by atoms with Crippen molar-refractivity contribution >= 4 is 65.7 Å². The molecule has 0 aliphatic heterocycles. The van der Waals surface area contributed by atoms with Gasteiger partial charge in [0.05, 0.1) is 0 Å². The summed E-state index contributed by atoms with van der Waals surface area (Å²) in [5.41, 5.74) is 0. The molecule has 0 fully saturated rings. The van der Waals surface area contributed by atoms with Gasteiger partial charge in [-0.1, -0.05) is 60.7 Å². The molecule has 0 aromatic heterocycles. The van der Waals surface area contributed by atoms with Gasteiger partial charge in [0.15, 0.2) is 0 Å². The van der Waals surface area contributed by atoms with E-state index in [1.54, 1.807) is 0 Å². The molecule has 0 spiro atoms. The van der Waals surface area contributed by atoms with Gasteiger partial charge in [0.2, 0.25) is 0 Å². The SMILES string of the molecule is Ic1cc2ccc3cc4ccccc4cc3c2c2ccccc12. The van der Waals surface area contributed by atoms with Crippen molar-refractivity contribution in [1.29, 1.82) is 0 Å². The van der Waals surface area contributed by atoms with Crippen molar-refractivity contribution in [3.63, 3.8) is 0 Å². The third-order valence-corrected chi connectivity index (χ3v) is 5.55. The zero-order valence-electron chi connectivity index (χ0n) is 12.4. The lowest BCUT2D eigenvalue weighted by Gasteiger charge is -2.11. The van der Waals surface area contributed by atoms with E-state index in [0.717, 1.165) is 0 Å². The van der Waals surface area contributed by atoms with E-state index in [9.17, 15) is 0 Å². The fraction of sp³-hybridized carbons (Fsp3) is 0. The second-order valence-electron chi connectivity index (χ2n) is 5.99. The molecule has 0 N–H and O–H groups in total. The van der Waals surface area contributed by atoms with Gasteiger partial charge >= 0.3 is 0 Å². The Morgan fingerprint density at radius 3 is 1.96 bits per heavy atom. The standard InChI is InChI=1S/C22H13I/c23-21-13-17-10-9-16-11-14-5-1-2-6-15(14)12-20(16)22(17)19-8-4-3-7-18(19)21/h1-13H. The Bertz CT molecular complexity index is 1220. The first-order valence-corrected chi connectivity index (χ1v) is 8.82. The van der Waals surface area contributed by atoms with Crippen LogP contribution in [0.2, 0.25) is 0 Å². The molecular weight excluding hydrogens is 391 g/mol. The summed E-state index contributed by atoms with van der Waals surface area (Å²) in [7, 11) is 0. The molecule has 0 aliphatic carbocycles. The molecule has 23 heavy (non-hydrogen) atoms. The van der Waals surface area contributed by atoms with Crippen molar-refractivity contribution in [3.8, 4) is 0 Å². The highest BCUT2D eigenvalue weighted by atomic mass is 127. The molecule has 0 saturated carbocycles. The normalized spacial score (nSPS) is 11.7. The van der Waals surface area contributed by atoms with Crippen molar-refractivity contribution in [2.45, 2.75) is 0 Å². The Labute approximate surface area is 147 Å². The minimum atomic E-state index is 1.30. The Kier molecular flexibility index (Phi) is 2.86. The van der Waals surface area contributed by atoms with Crippen LogP contribution in [0.1, 0.15) is 0 Å². The number of benzene rings is 5. The molecule has 0 radical (unpaired) electrons. The Balaban J connectivity index is 2.10. The second kappa shape index (κ2) is 4.93. The number of halogens is 1. The van der Waals surface area contributed by atoms with Crippen molar-refractivity contribution in [2.75, 3.05) is 0 Å². The van der Waals surface area contributed by atoms with Gasteiger partial charge in [-0.2, -0.15) is 0 Å². The van der Waals surface area contributed by atoms with E-state index in [2.05, 4.69) is 101 Å². The third-order valence-electron chi connectivity index (χ3n) is 4.65. The van der Waals surface area contributed by atoms with Crippen LogP contribution in [-0.4, -0.2) is 0 Å². The van der Waals surface area contributed by atoms with E-state index in [4.69, 9.17) is 0 Å². The summed E-state index contributed by atoms with van der Waals surface area (Å²) in [5.74, 6) is 0. The van der Waals surface area contributed by atoms with Crippen LogP contribution in [0.15, 0.2) is 78.9 Å². The molecule has 0 amide bonds. The highest BCUT2D eigenvalue weighted by Crippen LogP contribution is 2.36. The molecule has 0 nitrogen and oxygen atoms in total. The van der Waals surface area contributed by atoms with Crippen LogP contribution in [0.3, 0.4) is 0 Å². The second-order valence-corrected chi connectivity index (χ2v) is 7.15. The first-order valence-electron chi connectivity index (χ1n) is 7.74. The first kappa shape index (κ1) is 13.3. The van der Waals surface area contributed by atoms with Crippen LogP contribution in [0, 0.1) is 3.57 Å². The van der Waals surface area contributed by atoms with Crippen LogP contribution in [0.4, 0.5) is 0 Å². The maximum Gasteiger partial charge on any atom is 0.0215 e. The predicted octanol–water partition coefficient (Wildman–Crippen LogP) is 6.90. The van der Waals surface area contributed by atoms with Crippen molar-refractivity contribution in [1.82, 2.24) is 0 Å². The van der Waals surface area contributed by atoms with Gasteiger partial charge in [-0.15, -0.1) is 0 Å². The fourth-order valence-electron chi connectivity index (χ4n) is 3.58. The van der Waals surface area contributed by atoms with Gasteiger partial charge in [0.25, 0.3) is 0 Å². The van der Waals surface area contributed by atoms with Gasteiger partial charge < -0.3 is 0 Å². The van der Waals surface area contributed by atoms with Gasteiger partial charge in [0.1, 0.15) is 0 Å². The van der Waals surface area contributed by atoms with Gasteiger partial charge in [-0.25, -0.2) is 0 Å². The summed E-state index contributed by atoms with van der Waals surface area (Å²) in [6.45, 7) is 0. The number of rotatable bonds is 0. The number of hydrogen-bond acceptors (Lipinski definition) is 0. The number of fused-ring (bicyclic) bond motifs is 6. The van der Waals surface area contributed by atoms with Gasteiger partial charge in [-0.05, 0) is 83.9 Å². The Morgan fingerprint density at radius 2 is 1.13 bits per heavy atom. The van der Waals surface area contributed by atoms with Crippen LogP contribution in [-0.2, 0) is 0 Å². The zero-order chi connectivity index (χ0) is 15.4. The van der Waals surface area contributed by atoms with Crippen molar-refractivity contribution in [3.05, 3.63) is 82.4 Å². The zero-order valence-corrected chi connectivity index (χ0v) is 14.5. The maximum absolute atomic E-state index is 2.44. The molecule has 0 aliphatic rings. The Hall–Kier alpha value is -2.13. The van der Waals surface area contributed by atoms with E-state index in [-0.39, 0.29) is 0 Å². The van der Waals surface area contributed by atoms with E-state index >= 15 is 0 Å². The molecule has 0 unspecified atom stereocenters. The van der Waals surface area contributed by atoms with E-state index in [1.165, 1.54) is 46.7 Å². The summed E-state index contributed by atoms with van der Waals surface area (Å²) < 4.78 is 1.31. The molecule has 5 rings (SSSR count). The van der Waals surface area contributed by atoms with E-state index in [0.29, 0.717) is 0 Å². The average Bonchev–Trinajstić information content (AvgIpc) is 2.60. The number of hydrogen-bond donors (Lipinski definition) is 0. The third kappa shape index (κ3) is 1.96. The highest BCUT2D eigenvalue weighted by Gasteiger charge is 2.08. The van der Waals surface area contributed by atoms with Crippen LogP contribution in [0.25, 0.3) is 43.1 Å². The summed E-state index contributed by atoms with van der Waals surface area (Å²) in [4.78, 5) is 0. The quantitative estimate of drug-likeness (QED) is 0.150. The summed E-state index contributed by atoms with van der Waals surface area (Å²) in [6.07, 6.45) is 0. The molecule has 0 saturated heterocycles. The monoisotopic (exact) mass is 404 g/mol.